The van der Waals surface area contributed by atoms with Crippen LogP contribution in [-0.4, -0.2) is 0 Å². The van der Waals surface area contributed by atoms with Gasteiger partial charge in [0.15, 0.2) is 0 Å². The Balaban J connectivity index is 2.22. The highest BCUT2D eigenvalue weighted by Crippen LogP contribution is 2.26. The van der Waals surface area contributed by atoms with E-state index in [2.05, 4.69) is 55.5 Å². The molecule has 0 heterocycles. The molecule has 18 heavy (non-hydrogen) atoms. The summed E-state index contributed by atoms with van der Waals surface area (Å²) in [6.45, 7) is 2.25. The molecule has 0 aliphatic rings. The van der Waals surface area contributed by atoms with Crippen molar-refractivity contribution in [1.82, 2.24) is 0 Å². The largest absolute Gasteiger partial charge is 0.0654 e. The summed E-state index contributed by atoms with van der Waals surface area (Å²) in [5.41, 5.74) is 1.47. The van der Waals surface area contributed by atoms with E-state index in [0.29, 0.717) is 0 Å². The minimum Gasteiger partial charge on any atom is -0.0654 e. The molecule has 0 aliphatic carbocycles. The minimum atomic E-state index is 1.18. The smallest absolute Gasteiger partial charge is 0.00988 e. The van der Waals surface area contributed by atoms with Crippen LogP contribution < -0.4 is 0 Å². The molecule has 3 aromatic rings. The van der Waals surface area contributed by atoms with Crippen LogP contribution in [0, 0.1) is 6.07 Å². The van der Waals surface area contributed by atoms with Crippen LogP contribution >= 0.6 is 0 Å². The van der Waals surface area contributed by atoms with Gasteiger partial charge < -0.3 is 0 Å². The van der Waals surface area contributed by atoms with Gasteiger partial charge in [0.2, 0.25) is 0 Å². The molecule has 0 atom stereocenters. The monoisotopic (exact) mass is 233 g/mol. The normalized spacial score (nSPS) is 11.2. The molecule has 0 aromatic heterocycles. The third-order valence-electron chi connectivity index (χ3n) is 3.55. The zero-order valence-electron chi connectivity index (χ0n) is 10.7. The van der Waals surface area contributed by atoms with Gasteiger partial charge >= 0.3 is 0 Å². The summed E-state index contributed by atoms with van der Waals surface area (Å²) in [5.74, 6) is 0. The lowest BCUT2D eigenvalue weighted by Crippen LogP contribution is -1.87. The van der Waals surface area contributed by atoms with Gasteiger partial charge in [-0.2, -0.15) is 0 Å². The predicted octanol–water partition coefficient (Wildman–Crippen LogP) is 5.14. The number of rotatable bonds is 3. The number of hydrogen-bond acceptors (Lipinski definition) is 0. The van der Waals surface area contributed by atoms with Gasteiger partial charge in [0.25, 0.3) is 0 Å². The van der Waals surface area contributed by atoms with E-state index < -0.39 is 0 Å². The highest BCUT2D eigenvalue weighted by atomic mass is 14.1. The van der Waals surface area contributed by atoms with Crippen molar-refractivity contribution in [1.29, 1.82) is 0 Å². The summed E-state index contributed by atoms with van der Waals surface area (Å²) >= 11 is 0. The second-order valence-electron chi connectivity index (χ2n) is 4.85. The number of aryl methyl sites for hydroxylation is 1. The summed E-state index contributed by atoms with van der Waals surface area (Å²) in [4.78, 5) is 0. The summed E-state index contributed by atoms with van der Waals surface area (Å²) in [6.07, 6.45) is 3.69. The zero-order chi connectivity index (χ0) is 12.4. The average Bonchev–Trinajstić information content (AvgIpc) is 2.43. The quantitative estimate of drug-likeness (QED) is 0.550. The van der Waals surface area contributed by atoms with Gasteiger partial charge in [-0.25, -0.2) is 0 Å². The molecular weight excluding hydrogens is 216 g/mol. The fourth-order valence-corrected chi connectivity index (χ4v) is 2.54. The Morgan fingerprint density at radius 1 is 1.00 bits per heavy atom. The fraction of sp³-hybridized carbons (Fsp3) is 0.222. The molecule has 0 bridgehead atoms. The summed E-state index contributed by atoms with van der Waals surface area (Å²) in [7, 11) is 0. The Bertz CT molecular complexity index is 680. The molecular formula is C18H17. The van der Waals surface area contributed by atoms with E-state index in [1.165, 1.54) is 46.4 Å². The van der Waals surface area contributed by atoms with E-state index in [4.69, 9.17) is 0 Å². The first-order chi connectivity index (χ1) is 8.88. The van der Waals surface area contributed by atoms with E-state index in [1.807, 2.05) is 6.07 Å². The van der Waals surface area contributed by atoms with Gasteiger partial charge in [-0.1, -0.05) is 49.7 Å². The lowest BCUT2D eigenvalue weighted by Gasteiger charge is -2.07. The van der Waals surface area contributed by atoms with Gasteiger partial charge in [-0.3, -0.25) is 0 Å². The molecule has 0 saturated carbocycles. The molecule has 0 N–H and O–H groups in total. The van der Waals surface area contributed by atoms with Gasteiger partial charge in [-0.05, 0) is 58.1 Å². The van der Waals surface area contributed by atoms with E-state index in [9.17, 15) is 0 Å². The Morgan fingerprint density at radius 2 is 1.89 bits per heavy atom. The van der Waals surface area contributed by atoms with Crippen molar-refractivity contribution < 1.29 is 0 Å². The number of benzene rings is 3. The van der Waals surface area contributed by atoms with Crippen molar-refractivity contribution >= 4 is 21.5 Å². The van der Waals surface area contributed by atoms with Crippen LogP contribution in [0.25, 0.3) is 21.5 Å². The first-order valence-electron chi connectivity index (χ1n) is 6.70. The SMILES string of the molecule is CCCCc1cccc2cc3[c]cccc3cc12. The number of unbranched alkanes of at least 4 members (excludes halogenated alkanes) is 1. The molecule has 3 aromatic carbocycles. The Morgan fingerprint density at radius 3 is 2.78 bits per heavy atom. The summed E-state index contributed by atoms with van der Waals surface area (Å²) < 4.78 is 0. The van der Waals surface area contributed by atoms with Crippen LogP contribution in [0.15, 0.2) is 48.5 Å². The Hall–Kier alpha value is -1.82. The molecule has 0 amide bonds. The lowest BCUT2D eigenvalue weighted by molar-refractivity contribution is 0.799. The number of fused-ring (bicyclic) bond motifs is 2. The molecule has 3 rings (SSSR count). The van der Waals surface area contributed by atoms with Crippen molar-refractivity contribution in [2.75, 3.05) is 0 Å². The van der Waals surface area contributed by atoms with Crippen LogP contribution in [-0.2, 0) is 6.42 Å². The molecule has 0 aliphatic heterocycles. The number of hydrogen-bond donors (Lipinski definition) is 0. The first kappa shape index (κ1) is 11.3. The first-order valence-corrected chi connectivity index (χ1v) is 6.70. The molecule has 0 nitrogen and oxygen atoms in total. The van der Waals surface area contributed by atoms with Crippen molar-refractivity contribution in [2.45, 2.75) is 26.2 Å². The van der Waals surface area contributed by atoms with E-state index in [1.54, 1.807) is 0 Å². The molecule has 0 unspecified atom stereocenters. The maximum absolute atomic E-state index is 3.31. The average molecular weight is 233 g/mol. The molecule has 0 spiro atoms. The van der Waals surface area contributed by atoms with Gasteiger partial charge in [-0.15, -0.1) is 0 Å². The van der Waals surface area contributed by atoms with Crippen molar-refractivity contribution in [3.8, 4) is 0 Å². The van der Waals surface area contributed by atoms with Crippen LogP contribution in [0.3, 0.4) is 0 Å². The fourth-order valence-electron chi connectivity index (χ4n) is 2.54. The van der Waals surface area contributed by atoms with Crippen molar-refractivity contribution in [2.24, 2.45) is 0 Å². The third kappa shape index (κ3) is 1.99. The molecule has 1 radical (unpaired) electrons. The maximum Gasteiger partial charge on any atom is -0.00988 e. The maximum atomic E-state index is 3.31. The predicted molar refractivity (Wildman–Crippen MR) is 78.9 cm³/mol. The standard InChI is InChI=1S/C18H17/c1-2-3-7-14-10-6-11-17-12-15-8-4-5-9-16(15)13-18(14)17/h4-6,9-13H,2-3,7H2,1H3. The van der Waals surface area contributed by atoms with Gasteiger partial charge in [0.1, 0.15) is 0 Å². The Kier molecular flexibility index (Phi) is 3.02. The van der Waals surface area contributed by atoms with E-state index in [-0.39, 0.29) is 0 Å². The molecule has 0 saturated heterocycles. The lowest BCUT2D eigenvalue weighted by atomic mass is 9.97. The van der Waals surface area contributed by atoms with Crippen molar-refractivity contribution in [3.63, 3.8) is 0 Å². The minimum absolute atomic E-state index is 1.18. The summed E-state index contributed by atoms with van der Waals surface area (Å²) in [5, 5.41) is 5.23. The topological polar surface area (TPSA) is 0 Å². The molecule has 89 valence electrons. The van der Waals surface area contributed by atoms with E-state index in [0.717, 1.165) is 0 Å². The second kappa shape index (κ2) is 4.81. The zero-order valence-corrected chi connectivity index (χ0v) is 10.7. The summed E-state index contributed by atoms with van der Waals surface area (Å²) in [6, 6.07) is 20.7. The van der Waals surface area contributed by atoms with Crippen LogP contribution in [0.4, 0.5) is 0 Å². The molecule has 0 heteroatoms. The Labute approximate surface area is 108 Å². The van der Waals surface area contributed by atoms with Gasteiger partial charge in [0, 0.05) is 0 Å². The van der Waals surface area contributed by atoms with Crippen LogP contribution in [0.5, 0.6) is 0 Å². The van der Waals surface area contributed by atoms with Crippen LogP contribution in [0.1, 0.15) is 25.3 Å². The van der Waals surface area contributed by atoms with Crippen molar-refractivity contribution in [3.05, 3.63) is 60.2 Å². The van der Waals surface area contributed by atoms with Crippen LogP contribution in [0.2, 0.25) is 0 Å². The second-order valence-corrected chi connectivity index (χ2v) is 4.85. The highest BCUT2D eigenvalue weighted by Gasteiger charge is 2.02. The highest BCUT2D eigenvalue weighted by molar-refractivity contribution is 5.99. The molecule has 0 fully saturated rings. The third-order valence-corrected chi connectivity index (χ3v) is 3.55. The van der Waals surface area contributed by atoms with Gasteiger partial charge in [0.05, 0.1) is 0 Å². The van der Waals surface area contributed by atoms with E-state index >= 15 is 0 Å².